The molecule has 3 rings (SSSR count). The molecule has 2 atom stereocenters. The molecule has 0 bridgehead atoms. The quantitative estimate of drug-likeness (QED) is 0.761. The topological polar surface area (TPSA) is 76.2 Å². The number of ether oxygens (including phenoxy) is 1. The van der Waals surface area contributed by atoms with Crippen LogP contribution in [0.2, 0.25) is 0 Å². The first-order valence-corrected chi connectivity index (χ1v) is 7.44. The number of H-pyrrole nitrogens is 1. The van der Waals surface area contributed by atoms with Crippen molar-refractivity contribution in [3.05, 3.63) is 40.4 Å². The van der Waals surface area contributed by atoms with Crippen LogP contribution in [-0.2, 0) is 12.8 Å². The van der Waals surface area contributed by atoms with Gasteiger partial charge in [-0.1, -0.05) is 0 Å². The number of phenols is 1. The van der Waals surface area contributed by atoms with Crippen molar-refractivity contribution < 1.29 is 9.84 Å². The molecule has 4 N–H and O–H groups in total. The van der Waals surface area contributed by atoms with Gasteiger partial charge in [0.15, 0.2) is 4.77 Å². The number of nitrogens with zero attached hydrogens (tertiary/aromatic N) is 1. The molecular weight excluding hydrogens is 286 g/mol. The van der Waals surface area contributed by atoms with E-state index in [1.807, 2.05) is 13.1 Å². The van der Waals surface area contributed by atoms with Gasteiger partial charge < -0.3 is 25.1 Å². The summed E-state index contributed by atoms with van der Waals surface area (Å²) in [5.41, 5.74) is 7.99. The van der Waals surface area contributed by atoms with E-state index in [0.29, 0.717) is 11.4 Å². The number of aromatic nitrogens is 2. The number of aromatic hydroxyl groups is 1. The molecule has 0 spiro atoms. The monoisotopic (exact) mass is 305 g/mol. The molecule has 1 aromatic carbocycles. The molecule has 0 radical (unpaired) electrons. The van der Waals surface area contributed by atoms with Crippen molar-refractivity contribution in [1.82, 2.24) is 9.55 Å². The van der Waals surface area contributed by atoms with Crippen molar-refractivity contribution in [1.29, 1.82) is 0 Å². The maximum atomic E-state index is 9.63. The van der Waals surface area contributed by atoms with E-state index in [4.69, 9.17) is 22.7 Å². The third kappa shape index (κ3) is 2.82. The number of aromatic amines is 1. The molecule has 1 aliphatic heterocycles. The number of hydrogen-bond acceptors (Lipinski definition) is 4. The second-order valence-electron chi connectivity index (χ2n) is 5.60. The number of benzene rings is 1. The summed E-state index contributed by atoms with van der Waals surface area (Å²) in [6, 6.07) is 5.39. The zero-order valence-corrected chi connectivity index (χ0v) is 12.7. The minimum atomic E-state index is 0.0716. The predicted octanol–water partition coefficient (Wildman–Crippen LogP) is 2.32. The number of hydrogen-bond donors (Lipinski definition) is 3. The summed E-state index contributed by atoms with van der Waals surface area (Å²) in [7, 11) is 0. The molecule has 1 aromatic heterocycles. The lowest BCUT2D eigenvalue weighted by Gasteiger charge is -2.28. The molecule has 0 saturated carbocycles. The molecule has 0 aliphatic carbocycles. The van der Waals surface area contributed by atoms with Crippen LogP contribution in [0, 0.1) is 4.77 Å². The minimum absolute atomic E-state index is 0.0716. The molecule has 0 saturated heterocycles. The van der Waals surface area contributed by atoms with Gasteiger partial charge in [0.25, 0.3) is 0 Å². The predicted molar refractivity (Wildman–Crippen MR) is 83.3 cm³/mol. The highest BCUT2D eigenvalue weighted by atomic mass is 32.1. The molecule has 112 valence electrons. The number of imidazole rings is 1. The second-order valence-corrected chi connectivity index (χ2v) is 5.98. The van der Waals surface area contributed by atoms with Crippen LogP contribution in [0.4, 0.5) is 0 Å². The SMILES string of the molecule is C[C@@H](N)Cc1c[nH]c(=S)n1C1COc2ccc(O)cc2C1. The Kier molecular flexibility index (Phi) is 3.73. The third-order valence-corrected chi connectivity index (χ3v) is 4.03. The minimum Gasteiger partial charge on any atom is -0.508 e. The molecule has 21 heavy (non-hydrogen) atoms. The van der Waals surface area contributed by atoms with Gasteiger partial charge in [0.2, 0.25) is 0 Å². The van der Waals surface area contributed by atoms with E-state index in [-0.39, 0.29) is 17.8 Å². The van der Waals surface area contributed by atoms with Gasteiger partial charge in [-0.3, -0.25) is 0 Å². The average Bonchev–Trinajstić information content (AvgIpc) is 2.78. The summed E-state index contributed by atoms with van der Waals surface area (Å²) < 4.78 is 8.58. The molecule has 2 aromatic rings. The molecular formula is C15H19N3O2S. The van der Waals surface area contributed by atoms with Gasteiger partial charge in [0.1, 0.15) is 18.1 Å². The standard InChI is InChI=1S/C15H19N3O2S/c1-9(16)4-11-7-17-15(21)18(11)12-5-10-6-13(19)2-3-14(10)20-8-12/h2-3,6-7,9,12,19H,4-5,8,16H2,1H3,(H,17,21)/t9-,12?/m1/s1. The molecule has 1 aliphatic rings. The molecule has 2 heterocycles. The van der Waals surface area contributed by atoms with Crippen LogP contribution >= 0.6 is 12.2 Å². The summed E-state index contributed by atoms with van der Waals surface area (Å²) >= 11 is 5.39. The molecule has 5 nitrogen and oxygen atoms in total. The van der Waals surface area contributed by atoms with Gasteiger partial charge in [-0.05, 0) is 42.9 Å². The summed E-state index contributed by atoms with van der Waals surface area (Å²) in [4.78, 5) is 3.09. The molecule has 1 unspecified atom stereocenters. The smallest absolute Gasteiger partial charge is 0.177 e. The Morgan fingerprint density at radius 3 is 3.14 bits per heavy atom. The number of nitrogens with two attached hydrogens (primary N) is 1. The van der Waals surface area contributed by atoms with Crippen LogP contribution in [0.5, 0.6) is 11.5 Å². The average molecular weight is 305 g/mol. The van der Waals surface area contributed by atoms with Gasteiger partial charge >= 0.3 is 0 Å². The van der Waals surface area contributed by atoms with E-state index in [1.165, 1.54) is 0 Å². The fourth-order valence-electron chi connectivity index (χ4n) is 2.83. The normalized spacial score (nSPS) is 18.9. The fraction of sp³-hybridized carbons (Fsp3) is 0.400. The summed E-state index contributed by atoms with van der Waals surface area (Å²) in [6.45, 7) is 2.54. The van der Waals surface area contributed by atoms with E-state index in [1.54, 1.807) is 18.2 Å². The lowest BCUT2D eigenvalue weighted by molar-refractivity contribution is 0.219. The van der Waals surface area contributed by atoms with Crippen molar-refractivity contribution in [3.8, 4) is 11.5 Å². The van der Waals surface area contributed by atoms with E-state index < -0.39 is 0 Å². The zero-order chi connectivity index (χ0) is 15.0. The van der Waals surface area contributed by atoms with E-state index in [9.17, 15) is 5.11 Å². The fourth-order valence-corrected chi connectivity index (χ4v) is 3.16. The second kappa shape index (κ2) is 5.54. The Morgan fingerprint density at radius 1 is 1.57 bits per heavy atom. The van der Waals surface area contributed by atoms with Crippen LogP contribution in [-0.4, -0.2) is 27.3 Å². The number of phenolic OH excluding ortho intramolecular Hbond substituents is 1. The maximum Gasteiger partial charge on any atom is 0.177 e. The van der Waals surface area contributed by atoms with Crippen LogP contribution in [0.3, 0.4) is 0 Å². The Hall–Kier alpha value is -1.79. The first kappa shape index (κ1) is 14.2. The number of nitrogens with one attached hydrogen (secondary N) is 1. The van der Waals surface area contributed by atoms with Gasteiger partial charge in [-0.2, -0.15) is 0 Å². The summed E-state index contributed by atoms with van der Waals surface area (Å²) in [6.07, 6.45) is 3.46. The maximum absolute atomic E-state index is 9.63. The first-order chi connectivity index (χ1) is 10.0. The van der Waals surface area contributed by atoms with Crippen molar-refractivity contribution in [3.63, 3.8) is 0 Å². The molecule has 0 amide bonds. The Morgan fingerprint density at radius 2 is 2.38 bits per heavy atom. The highest BCUT2D eigenvalue weighted by Crippen LogP contribution is 2.32. The van der Waals surface area contributed by atoms with E-state index in [2.05, 4.69) is 9.55 Å². The van der Waals surface area contributed by atoms with Crippen molar-refractivity contribution in [2.24, 2.45) is 5.73 Å². The Labute approximate surface area is 128 Å². The Bertz CT molecular complexity index is 705. The number of fused-ring (bicyclic) bond motifs is 1. The largest absolute Gasteiger partial charge is 0.508 e. The van der Waals surface area contributed by atoms with E-state index in [0.717, 1.165) is 29.8 Å². The van der Waals surface area contributed by atoms with Crippen LogP contribution < -0.4 is 10.5 Å². The molecule has 6 heteroatoms. The highest BCUT2D eigenvalue weighted by molar-refractivity contribution is 7.71. The van der Waals surface area contributed by atoms with Crippen LogP contribution in [0.25, 0.3) is 0 Å². The van der Waals surface area contributed by atoms with E-state index >= 15 is 0 Å². The van der Waals surface area contributed by atoms with Crippen LogP contribution in [0.1, 0.15) is 24.2 Å². The first-order valence-electron chi connectivity index (χ1n) is 7.03. The van der Waals surface area contributed by atoms with Crippen LogP contribution in [0.15, 0.2) is 24.4 Å². The number of rotatable bonds is 3. The van der Waals surface area contributed by atoms with Gasteiger partial charge in [0.05, 0.1) is 6.04 Å². The van der Waals surface area contributed by atoms with Gasteiger partial charge in [-0.15, -0.1) is 0 Å². The van der Waals surface area contributed by atoms with Crippen molar-refractivity contribution in [2.75, 3.05) is 6.61 Å². The zero-order valence-electron chi connectivity index (χ0n) is 11.9. The lowest BCUT2D eigenvalue weighted by Crippen LogP contribution is -2.27. The lowest BCUT2D eigenvalue weighted by atomic mass is 10.0. The van der Waals surface area contributed by atoms with Crippen molar-refractivity contribution >= 4 is 12.2 Å². The van der Waals surface area contributed by atoms with Crippen molar-refractivity contribution in [2.45, 2.75) is 31.8 Å². The van der Waals surface area contributed by atoms with Gasteiger partial charge in [0, 0.05) is 30.8 Å². The van der Waals surface area contributed by atoms with Gasteiger partial charge in [-0.25, -0.2) is 0 Å². The Balaban J connectivity index is 1.92. The highest BCUT2D eigenvalue weighted by Gasteiger charge is 2.24. The summed E-state index contributed by atoms with van der Waals surface area (Å²) in [5.74, 6) is 1.09. The summed E-state index contributed by atoms with van der Waals surface area (Å²) in [5, 5.41) is 9.63. The molecule has 0 fully saturated rings. The third-order valence-electron chi connectivity index (χ3n) is 3.72.